The summed E-state index contributed by atoms with van der Waals surface area (Å²) in [7, 11) is 0. The molecule has 0 saturated heterocycles. The van der Waals surface area contributed by atoms with Crippen molar-refractivity contribution in [3.63, 3.8) is 0 Å². The van der Waals surface area contributed by atoms with Crippen LogP contribution >= 0.6 is 11.8 Å². The summed E-state index contributed by atoms with van der Waals surface area (Å²) >= 11 is 1.54. The van der Waals surface area contributed by atoms with Crippen LogP contribution in [0, 0.1) is 0 Å². The summed E-state index contributed by atoms with van der Waals surface area (Å²) in [5, 5.41) is 5.35. The molecular weight excluding hydrogens is 306 g/mol. The van der Waals surface area contributed by atoms with Gasteiger partial charge in [-0.15, -0.1) is 5.10 Å². The zero-order valence-electron chi connectivity index (χ0n) is 13.9. The molecule has 120 valence electrons. The predicted octanol–water partition coefficient (Wildman–Crippen LogP) is 4.43. The Balaban J connectivity index is 1.95. The summed E-state index contributed by atoms with van der Waals surface area (Å²) in [5.74, 6) is 0. The molecule has 0 N–H and O–H groups in total. The second-order valence-corrected chi connectivity index (χ2v) is 7.17. The number of rotatable bonds is 4. The number of hydrogen-bond acceptors (Lipinski definition) is 4. The number of fused-ring (bicyclic) bond motifs is 1. The van der Waals surface area contributed by atoms with Gasteiger partial charge in [-0.1, -0.05) is 30.0 Å². The van der Waals surface area contributed by atoms with Crippen LogP contribution in [0.25, 0.3) is 16.8 Å². The molecule has 3 aromatic rings. The van der Waals surface area contributed by atoms with E-state index in [4.69, 9.17) is 4.74 Å². The summed E-state index contributed by atoms with van der Waals surface area (Å²) in [5.41, 5.74) is 4.21. The third-order valence-electron chi connectivity index (χ3n) is 3.45. The molecule has 0 radical (unpaired) electrons. The highest BCUT2D eigenvalue weighted by Crippen LogP contribution is 2.24. The number of hydrogen-bond donors (Lipinski definition) is 0. The van der Waals surface area contributed by atoms with Crippen LogP contribution in [-0.4, -0.2) is 26.5 Å². The maximum Gasteiger partial charge on any atom is 0.207 e. The number of aromatic nitrogens is 3. The van der Waals surface area contributed by atoms with Crippen LogP contribution in [0.2, 0.25) is 0 Å². The fourth-order valence-corrected chi connectivity index (χ4v) is 2.64. The highest BCUT2D eigenvalue weighted by atomic mass is 32.2. The molecule has 0 atom stereocenters. The minimum absolute atomic E-state index is 0.141. The topological polar surface area (TPSA) is 39.4 Å². The van der Waals surface area contributed by atoms with Gasteiger partial charge in [0.25, 0.3) is 0 Å². The lowest BCUT2D eigenvalue weighted by Crippen LogP contribution is -2.18. The highest BCUT2D eigenvalue weighted by molar-refractivity contribution is 7.98. The van der Waals surface area contributed by atoms with Gasteiger partial charge < -0.3 is 4.74 Å². The van der Waals surface area contributed by atoms with Crippen molar-refractivity contribution in [1.29, 1.82) is 0 Å². The lowest BCUT2D eigenvalue weighted by atomic mass is 10.1. The van der Waals surface area contributed by atoms with Gasteiger partial charge in [0.1, 0.15) is 0 Å². The summed E-state index contributed by atoms with van der Waals surface area (Å²) < 4.78 is 7.82. The van der Waals surface area contributed by atoms with E-state index in [-0.39, 0.29) is 5.60 Å². The molecule has 0 saturated carbocycles. The fourth-order valence-electron chi connectivity index (χ4n) is 2.32. The van der Waals surface area contributed by atoms with Crippen molar-refractivity contribution >= 4 is 17.3 Å². The Morgan fingerprint density at radius 2 is 2.00 bits per heavy atom. The second-order valence-electron chi connectivity index (χ2n) is 6.40. The largest absolute Gasteiger partial charge is 0.371 e. The van der Waals surface area contributed by atoms with E-state index in [0.29, 0.717) is 6.61 Å². The van der Waals surface area contributed by atoms with Crippen LogP contribution in [-0.2, 0) is 11.3 Å². The summed E-state index contributed by atoms with van der Waals surface area (Å²) in [4.78, 5) is 4.32. The van der Waals surface area contributed by atoms with E-state index >= 15 is 0 Å². The maximum absolute atomic E-state index is 5.88. The Kier molecular flexibility index (Phi) is 4.41. The van der Waals surface area contributed by atoms with Crippen LogP contribution in [0.3, 0.4) is 0 Å². The standard InChI is InChI=1S/C18H21N3OS/c1-18(2,3)22-12-13-6-5-7-14(10-13)16-9-8-15-11-19-17(23-4)20-21(15)16/h5-11H,12H2,1-4H3. The zero-order valence-corrected chi connectivity index (χ0v) is 14.7. The van der Waals surface area contributed by atoms with Crippen LogP contribution in [0.1, 0.15) is 26.3 Å². The first-order valence-electron chi connectivity index (χ1n) is 7.58. The number of nitrogens with zero attached hydrogens (tertiary/aromatic N) is 3. The lowest BCUT2D eigenvalue weighted by Gasteiger charge is -2.19. The summed E-state index contributed by atoms with van der Waals surface area (Å²) in [6.07, 6.45) is 3.84. The van der Waals surface area contributed by atoms with E-state index in [1.165, 1.54) is 0 Å². The van der Waals surface area contributed by atoms with E-state index in [0.717, 1.165) is 27.5 Å². The molecule has 0 fully saturated rings. The third kappa shape index (κ3) is 3.74. The third-order valence-corrected chi connectivity index (χ3v) is 4.01. The molecule has 1 aromatic carbocycles. The molecule has 0 spiro atoms. The molecule has 4 nitrogen and oxygen atoms in total. The van der Waals surface area contributed by atoms with Crippen LogP contribution in [0.4, 0.5) is 0 Å². The predicted molar refractivity (Wildman–Crippen MR) is 94.7 cm³/mol. The molecule has 5 heteroatoms. The van der Waals surface area contributed by atoms with E-state index < -0.39 is 0 Å². The molecule has 0 aliphatic rings. The normalized spacial score (nSPS) is 12.0. The Morgan fingerprint density at radius 1 is 1.17 bits per heavy atom. The van der Waals surface area contributed by atoms with Crippen LogP contribution < -0.4 is 0 Å². The molecular formula is C18H21N3OS. The Labute approximate surface area is 140 Å². The average Bonchev–Trinajstić information content (AvgIpc) is 2.95. The average molecular weight is 327 g/mol. The van der Waals surface area contributed by atoms with Crippen molar-refractivity contribution in [3.8, 4) is 11.3 Å². The molecule has 2 aromatic heterocycles. The Bertz CT molecular complexity index is 820. The fraction of sp³-hybridized carbons (Fsp3) is 0.333. The molecule has 23 heavy (non-hydrogen) atoms. The number of benzene rings is 1. The van der Waals surface area contributed by atoms with E-state index in [2.05, 4.69) is 61.2 Å². The first kappa shape index (κ1) is 16.0. The van der Waals surface area contributed by atoms with Crippen molar-refractivity contribution in [2.45, 2.75) is 38.1 Å². The second kappa shape index (κ2) is 6.34. The molecule has 0 unspecified atom stereocenters. The molecule has 0 aliphatic carbocycles. The molecule has 2 heterocycles. The van der Waals surface area contributed by atoms with Crippen molar-refractivity contribution in [2.75, 3.05) is 6.26 Å². The first-order chi connectivity index (χ1) is 11.0. The van der Waals surface area contributed by atoms with Gasteiger partial charge in [0.2, 0.25) is 5.16 Å². The van der Waals surface area contributed by atoms with Gasteiger partial charge >= 0.3 is 0 Å². The molecule has 3 rings (SSSR count). The van der Waals surface area contributed by atoms with Gasteiger partial charge in [-0.25, -0.2) is 9.50 Å². The van der Waals surface area contributed by atoms with Gasteiger partial charge in [0.15, 0.2) is 0 Å². The van der Waals surface area contributed by atoms with Crippen molar-refractivity contribution < 1.29 is 4.74 Å². The quantitative estimate of drug-likeness (QED) is 0.664. The minimum Gasteiger partial charge on any atom is -0.371 e. The molecule has 0 amide bonds. The zero-order chi connectivity index (χ0) is 16.4. The smallest absolute Gasteiger partial charge is 0.207 e. The van der Waals surface area contributed by atoms with Crippen molar-refractivity contribution in [1.82, 2.24) is 14.6 Å². The van der Waals surface area contributed by atoms with Crippen LogP contribution in [0.5, 0.6) is 0 Å². The number of ether oxygens (including phenoxy) is 1. The monoisotopic (exact) mass is 327 g/mol. The first-order valence-corrected chi connectivity index (χ1v) is 8.81. The lowest BCUT2D eigenvalue weighted by molar-refractivity contribution is -0.0149. The SMILES string of the molecule is CSc1ncc2ccc(-c3cccc(COC(C)(C)C)c3)n2n1. The summed E-state index contributed by atoms with van der Waals surface area (Å²) in [6.45, 7) is 6.81. The van der Waals surface area contributed by atoms with Crippen molar-refractivity contribution in [2.24, 2.45) is 0 Å². The molecule has 0 aliphatic heterocycles. The Morgan fingerprint density at radius 3 is 2.74 bits per heavy atom. The van der Waals surface area contributed by atoms with Gasteiger partial charge in [-0.2, -0.15) is 0 Å². The van der Waals surface area contributed by atoms with Gasteiger partial charge in [0.05, 0.1) is 29.6 Å². The molecule has 0 bridgehead atoms. The Hall–Kier alpha value is -1.85. The van der Waals surface area contributed by atoms with Crippen LogP contribution in [0.15, 0.2) is 47.8 Å². The van der Waals surface area contributed by atoms with E-state index in [1.54, 1.807) is 11.8 Å². The minimum atomic E-state index is -0.141. The van der Waals surface area contributed by atoms with Gasteiger partial charge in [-0.05, 0) is 50.8 Å². The maximum atomic E-state index is 5.88. The van der Waals surface area contributed by atoms with E-state index in [1.807, 2.05) is 23.0 Å². The highest BCUT2D eigenvalue weighted by Gasteiger charge is 2.11. The van der Waals surface area contributed by atoms with Gasteiger partial charge in [-0.3, -0.25) is 0 Å². The van der Waals surface area contributed by atoms with E-state index in [9.17, 15) is 0 Å². The van der Waals surface area contributed by atoms with Gasteiger partial charge in [0, 0.05) is 5.56 Å². The number of thioether (sulfide) groups is 1. The van der Waals surface area contributed by atoms with Crippen molar-refractivity contribution in [3.05, 3.63) is 48.2 Å². The summed E-state index contributed by atoms with van der Waals surface area (Å²) in [6, 6.07) is 12.5.